The number of phenolic OH excluding ortho intramolecular Hbond substituents is 1. The van der Waals surface area contributed by atoms with Gasteiger partial charge in [-0.2, -0.15) is 0 Å². The lowest BCUT2D eigenvalue weighted by atomic mass is 10.1. The lowest BCUT2D eigenvalue weighted by molar-refractivity contribution is 0.0506. The molecule has 0 spiro atoms. The van der Waals surface area contributed by atoms with Gasteiger partial charge in [0.2, 0.25) is 0 Å². The number of hydrogen-bond acceptors (Lipinski definition) is 3. The highest BCUT2D eigenvalue weighted by atomic mass is 127. The van der Waals surface area contributed by atoms with E-state index in [-0.39, 0.29) is 17.9 Å². The number of amides is 1. The van der Waals surface area contributed by atoms with E-state index < -0.39 is 25.5 Å². The molecule has 0 aliphatic carbocycles. The Hall–Kier alpha value is -0.230. The predicted octanol–water partition coefficient (Wildman–Crippen LogP) is 2.30. The van der Waals surface area contributed by atoms with Crippen LogP contribution in [0.4, 0.5) is 8.78 Å². The number of aliphatic hydroxyl groups excluding tert-OH is 1. The molecule has 4 nitrogen and oxygen atoms in total. The van der Waals surface area contributed by atoms with E-state index in [0.717, 1.165) is 4.90 Å². The van der Waals surface area contributed by atoms with Crippen molar-refractivity contribution in [2.45, 2.75) is 6.43 Å². The summed E-state index contributed by atoms with van der Waals surface area (Å²) in [5.41, 5.74) is -0.0367. The maximum Gasteiger partial charge on any atom is 0.257 e. The lowest BCUT2D eigenvalue weighted by Gasteiger charge is -2.22. The molecule has 0 fully saturated rings. The molecule has 0 radical (unpaired) electrons. The van der Waals surface area contributed by atoms with Gasteiger partial charge >= 0.3 is 0 Å². The molecule has 0 unspecified atom stereocenters. The van der Waals surface area contributed by atoms with E-state index in [1.807, 2.05) is 45.2 Å². The van der Waals surface area contributed by atoms with Crippen LogP contribution in [0.5, 0.6) is 5.75 Å². The van der Waals surface area contributed by atoms with Crippen molar-refractivity contribution in [3.63, 3.8) is 0 Å². The van der Waals surface area contributed by atoms with Gasteiger partial charge in [0.25, 0.3) is 12.3 Å². The molecule has 0 aliphatic heterocycles. The number of carbonyl (C=O) groups is 1. The molecule has 0 atom stereocenters. The lowest BCUT2D eigenvalue weighted by Crippen LogP contribution is -2.37. The third-order valence-corrected chi connectivity index (χ3v) is 3.72. The largest absolute Gasteiger partial charge is 0.506 e. The number of rotatable bonds is 5. The molecule has 106 valence electrons. The number of alkyl halides is 2. The zero-order valence-corrected chi connectivity index (χ0v) is 13.9. The summed E-state index contributed by atoms with van der Waals surface area (Å²) in [5.74, 6) is -0.952. The summed E-state index contributed by atoms with van der Waals surface area (Å²) >= 11 is 3.82. The third kappa shape index (κ3) is 4.67. The second kappa shape index (κ2) is 7.53. The summed E-state index contributed by atoms with van der Waals surface area (Å²) in [7, 11) is 0. The molecule has 1 aromatic rings. The van der Waals surface area contributed by atoms with Crippen molar-refractivity contribution in [3.8, 4) is 5.75 Å². The van der Waals surface area contributed by atoms with Crippen LogP contribution >= 0.6 is 45.2 Å². The van der Waals surface area contributed by atoms with E-state index in [0.29, 0.717) is 7.14 Å². The summed E-state index contributed by atoms with van der Waals surface area (Å²) in [6.07, 6.45) is -2.69. The highest BCUT2D eigenvalue weighted by Crippen LogP contribution is 2.28. The molecule has 0 saturated carbocycles. The van der Waals surface area contributed by atoms with Crippen molar-refractivity contribution in [1.29, 1.82) is 0 Å². The van der Waals surface area contributed by atoms with Crippen molar-refractivity contribution in [3.05, 3.63) is 24.8 Å². The number of hydrogen-bond donors (Lipinski definition) is 2. The number of phenols is 1. The second-order valence-corrected chi connectivity index (χ2v) is 6.06. The second-order valence-electron chi connectivity index (χ2n) is 3.65. The van der Waals surface area contributed by atoms with Gasteiger partial charge in [-0.1, -0.05) is 0 Å². The molecular weight excluding hydrogens is 486 g/mol. The van der Waals surface area contributed by atoms with Crippen LogP contribution < -0.4 is 0 Å². The third-order valence-electron chi connectivity index (χ3n) is 2.27. The summed E-state index contributed by atoms with van der Waals surface area (Å²) in [5, 5.41) is 18.7. The standard InChI is InChI=1S/C11H11F2I2NO3/c12-9(13)5-16(1-2-17)11(19)7-3-6(14)4-8(15)10(7)18/h3-4,9,17-18H,1-2,5H2. The quantitative estimate of drug-likeness (QED) is 0.615. The molecule has 8 heteroatoms. The number of benzene rings is 1. The molecule has 0 aromatic heterocycles. The first-order valence-electron chi connectivity index (χ1n) is 5.23. The van der Waals surface area contributed by atoms with E-state index in [1.54, 1.807) is 6.07 Å². The van der Waals surface area contributed by atoms with Gasteiger partial charge in [0.1, 0.15) is 5.75 Å². The average Bonchev–Trinajstić information content (AvgIpc) is 2.32. The zero-order valence-electron chi connectivity index (χ0n) is 9.62. The Labute approximate surface area is 136 Å². The first kappa shape index (κ1) is 16.8. The average molecular weight is 497 g/mol. The van der Waals surface area contributed by atoms with Gasteiger partial charge in [0, 0.05) is 10.1 Å². The maximum absolute atomic E-state index is 12.4. The summed E-state index contributed by atoms with van der Waals surface area (Å²) in [4.78, 5) is 12.9. The normalized spacial score (nSPS) is 10.8. The van der Waals surface area contributed by atoms with Crippen molar-refractivity contribution in [1.82, 2.24) is 4.90 Å². The van der Waals surface area contributed by atoms with Gasteiger partial charge < -0.3 is 15.1 Å². The zero-order chi connectivity index (χ0) is 14.6. The topological polar surface area (TPSA) is 60.8 Å². The molecule has 0 saturated heterocycles. The van der Waals surface area contributed by atoms with E-state index in [1.165, 1.54) is 6.07 Å². The van der Waals surface area contributed by atoms with Gasteiger partial charge in [-0.3, -0.25) is 4.79 Å². The van der Waals surface area contributed by atoms with Crippen LogP contribution in [-0.4, -0.2) is 47.1 Å². The number of halogens is 4. The predicted molar refractivity (Wildman–Crippen MR) is 82.5 cm³/mol. The Morgan fingerprint density at radius 3 is 2.53 bits per heavy atom. The highest BCUT2D eigenvalue weighted by molar-refractivity contribution is 14.1. The SMILES string of the molecule is O=C(c1cc(I)cc(I)c1O)N(CCO)CC(F)F. The summed E-state index contributed by atoms with van der Waals surface area (Å²) in [6.45, 7) is -1.40. The minimum absolute atomic E-state index is 0.0367. The maximum atomic E-state index is 12.4. The van der Waals surface area contributed by atoms with Crippen molar-refractivity contribution in [2.24, 2.45) is 0 Å². The Morgan fingerprint density at radius 2 is 2.00 bits per heavy atom. The van der Waals surface area contributed by atoms with E-state index in [9.17, 15) is 18.7 Å². The monoisotopic (exact) mass is 497 g/mol. The van der Waals surface area contributed by atoms with Crippen molar-refractivity contribution < 1.29 is 23.8 Å². The Balaban J connectivity index is 3.08. The van der Waals surface area contributed by atoms with Crippen LogP contribution in [0, 0.1) is 7.14 Å². The van der Waals surface area contributed by atoms with Crippen LogP contribution in [-0.2, 0) is 0 Å². The van der Waals surface area contributed by atoms with Gasteiger partial charge in [-0.05, 0) is 57.3 Å². The molecule has 2 N–H and O–H groups in total. The Bertz CT molecular complexity index is 471. The van der Waals surface area contributed by atoms with Crippen molar-refractivity contribution >= 4 is 51.1 Å². The van der Waals surface area contributed by atoms with E-state index >= 15 is 0 Å². The molecule has 1 aromatic carbocycles. The van der Waals surface area contributed by atoms with Gasteiger partial charge in [-0.15, -0.1) is 0 Å². The molecule has 1 amide bonds. The van der Waals surface area contributed by atoms with Gasteiger partial charge in [0.05, 0.1) is 22.3 Å². The highest BCUT2D eigenvalue weighted by Gasteiger charge is 2.23. The molecule has 0 heterocycles. The van der Waals surface area contributed by atoms with Crippen LogP contribution in [0.25, 0.3) is 0 Å². The van der Waals surface area contributed by atoms with Crippen molar-refractivity contribution in [2.75, 3.05) is 19.7 Å². The minimum Gasteiger partial charge on any atom is -0.506 e. The number of aliphatic hydroxyl groups is 1. The molecule has 1 rings (SSSR count). The first-order valence-corrected chi connectivity index (χ1v) is 7.38. The molecule has 0 aliphatic rings. The summed E-state index contributed by atoms with van der Waals surface area (Å²) < 4.78 is 26.0. The molecule has 0 bridgehead atoms. The van der Waals surface area contributed by atoms with Crippen LogP contribution in [0.3, 0.4) is 0 Å². The van der Waals surface area contributed by atoms with E-state index in [2.05, 4.69) is 0 Å². The number of carbonyl (C=O) groups excluding carboxylic acids is 1. The Kier molecular flexibility index (Phi) is 6.66. The van der Waals surface area contributed by atoms with Crippen LogP contribution in [0.1, 0.15) is 10.4 Å². The summed E-state index contributed by atoms with van der Waals surface area (Å²) in [6, 6.07) is 3.09. The molecular formula is C11H11F2I2NO3. The van der Waals surface area contributed by atoms with E-state index in [4.69, 9.17) is 5.11 Å². The minimum atomic E-state index is -2.69. The Morgan fingerprint density at radius 1 is 1.37 bits per heavy atom. The van der Waals surface area contributed by atoms with Gasteiger partial charge in [0.15, 0.2) is 0 Å². The number of nitrogens with zero attached hydrogens (tertiary/aromatic N) is 1. The van der Waals surface area contributed by atoms with Crippen LogP contribution in [0.15, 0.2) is 12.1 Å². The smallest absolute Gasteiger partial charge is 0.257 e. The fraction of sp³-hybridized carbons (Fsp3) is 0.364. The van der Waals surface area contributed by atoms with Crippen LogP contribution in [0.2, 0.25) is 0 Å². The fourth-order valence-electron chi connectivity index (χ4n) is 1.46. The fourth-order valence-corrected chi connectivity index (χ4v) is 3.31. The first-order chi connectivity index (χ1) is 8.86. The molecule has 19 heavy (non-hydrogen) atoms. The van der Waals surface area contributed by atoms with Gasteiger partial charge in [-0.25, -0.2) is 8.78 Å². The number of aromatic hydroxyl groups is 1.